The summed E-state index contributed by atoms with van der Waals surface area (Å²) >= 11 is 0. The molecule has 1 saturated carbocycles. The normalized spacial score (nSPS) is 19.9. The molecule has 2 unspecified atom stereocenters. The predicted molar refractivity (Wildman–Crippen MR) is 79.4 cm³/mol. The molecule has 1 aliphatic rings. The number of benzene rings is 1. The lowest BCUT2D eigenvalue weighted by atomic mass is 10.0. The number of nitrogens with one attached hydrogen (secondary N) is 1. The summed E-state index contributed by atoms with van der Waals surface area (Å²) in [4.78, 5) is 12.2. The van der Waals surface area contributed by atoms with E-state index in [9.17, 15) is 4.79 Å². The zero-order valence-electron chi connectivity index (χ0n) is 12.1. The molecule has 2 rings (SSSR count). The van der Waals surface area contributed by atoms with Crippen LogP contribution in [0.3, 0.4) is 0 Å². The number of aryl methyl sites for hydroxylation is 1. The lowest BCUT2D eigenvalue weighted by molar-refractivity contribution is 0.0949. The number of rotatable bonds is 4. The van der Waals surface area contributed by atoms with Gasteiger partial charge in [0.05, 0.1) is 0 Å². The fourth-order valence-electron chi connectivity index (χ4n) is 2.40. The van der Waals surface area contributed by atoms with Gasteiger partial charge in [-0.15, -0.1) is 0 Å². The quantitative estimate of drug-likeness (QED) is 0.825. The van der Waals surface area contributed by atoms with Crippen LogP contribution >= 0.6 is 0 Å². The average Bonchev–Trinajstić information content (AvgIpc) is 3.16. The minimum absolute atomic E-state index is 0.0272. The lowest BCUT2D eigenvalue weighted by Crippen LogP contribution is -2.26. The van der Waals surface area contributed by atoms with Crippen molar-refractivity contribution in [3.05, 3.63) is 34.9 Å². The van der Waals surface area contributed by atoms with Crippen LogP contribution in [0.15, 0.2) is 18.2 Å². The highest BCUT2D eigenvalue weighted by molar-refractivity contribution is 5.95. The number of aliphatic hydroxyl groups is 1. The van der Waals surface area contributed by atoms with Crippen molar-refractivity contribution < 1.29 is 9.90 Å². The van der Waals surface area contributed by atoms with Crippen molar-refractivity contribution in [1.29, 1.82) is 0 Å². The average molecular weight is 271 g/mol. The third-order valence-corrected chi connectivity index (χ3v) is 3.70. The number of amides is 1. The third-order valence-electron chi connectivity index (χ3n) is 3.70. The van der Waals surface area contributed by atoms with Crippen molar-refractivity contribution in [2.24, 2.45) is 5.92 Å². The van der Waals surface area contributed by atoms with E-state index in [4.69, 9.17) is 5.11 Å². The first-order chi connectivity index (χ1) is 9.65. The number of hydrogen-bond acceptors (Lipinski definition) is 2. The van der Waals surface area contributed by atoms with E-state index in [0.717, 1.165) is 17.5 Å². The van der Waals surface area contributed by atoms with E-state index in [0.29, 0.717) is 17.5 Å². The number of aliphatic hydroxyl groups excluding tert-OH is 1. The van der Waals surface area contributed by atoms with Crippen LogP contribution in [0.1, 0.15) is 47.7 Å². The molecule has 3 nitrogen and oxygen atoms in total. The van der Waals surface area contributed by atoms with Crippen molar-refractivity contribution in [3.63, 3.8) is 0 Å². The van der Waals surface area contributed by atoms with Crippen LogP contribution in [0.2, 0.25) is 0 Å². The van der Waals surface area contributed by atoms with Gasteiger partial charge in [0.2, 0.25) is 0 Å². The van der Waals surface area contributed by atoms with E-state index >= 15 is 0 Å². The maximum atomic E-state index is 12.2. The summed E-state index contributed by atoms with van der Waals surface area (Å²) in [6.07, 6.45) is 3.46. The molecule has 2 atom stereocenters. The van der Waals surface area contributed by atoms with Gasteiger partial charge in [-0.2, -0.15) is 0 Å². The van der Waals surface area contributed by atoms with Gasteiger partial charge in [0.1, 0.15) is 6.61 Å². The minimum atomic E-state index is -0.170. The summed E-state index contributed by atoms with van der Waals surface area (Å²) in [5, 5.41) is 11.8. The summed E-state index contributed by atoms with van der Waals surface area (Å²) < 4.78 is 0. The molecule has 1 amide bonds. The summed E-state index contributed by atoms with van der Waals surface area (Å²) in [6, 6.07) is 5.86. The topological polar surface area (TPSA) is 49.3 Å². The van der Waals surface area contributed by atoms with Gasteiger partial charge >= 0.3 is 0 Å². The maximum absolute atomic E-state index is 12.2. The Labute approximate surface area is 120 Å². The molecular formula is C17H21NO2. The molecule has 1 fully saturated rings. The first-order valence-electron chi connectivity index (χ1n) is 7.17. The molecule has 0 aromatic heterocycles. The Kier molecular flexibility index (Phi) is 4.81. The van der Waals surface area contributed by atoms with Gasteiger partial charge in [0, 0.05) is 17.2 Å². The van der Waals surface area contributed by atoms with Crippen molar-refractivity contribution in [1.82, 2.24) is 5.32 Å². The van der Waals surface area contributed by atoms with Gasteiger partial charge in [-0.1, -0.05) is 31.3 Å². The highest BCUT2D eigenvalue weighted by atomic mass is 16.2. The molecule has 3 heteroatoms. The van der Waals surface area contributed by atoms with Gasteiger partial charge in [0.25, 0.3) is 5.91 Å². The second kappa shape index (κ2) is 6.58. The number of carbonyl (C=O) groups is 1. The van der Waals surface area contributed by atoms with Crippen LogP contribution in [0.5, 0.6) is 0 Å². The molecule has 0 bridgehead atoms. The Balaban J connectivity index is 2.03. The SMILES string of the molecule is CCCC1CC1NC(=O)c1ccc(C)c(C#CCO)c1. The summed E-state index contributed by atoms with van der Waals surface area (Å²) in [6.45, 7) is 3.95. The molecular weight excluding hydrogens is 250 g/mol. The first kappa shape index (κ1) is 14.6. The summed E-state index contributed by atoms with van der Waals surface area (Å²) in [5.74, 6) is 6.13. The highest BCUT2D eigenvalue weighted by Gasteiger charge is 2.37. The fraction of sp³-hybridized carbons (Fsp3) is 0.471. The molecule has 0 heterocycles. The molecule has 20 heavy (non-hydrogen) atoms. The van der Waals surface area contributed by atoms with E-state index < -0.39 is 0 Å². The number of carbonyl (C=O) groups excluding carboxylic acids is 1. The maximum Gasteiger partial charge on any atom is 0.251 e. The van der Waals surface area contributed by atoms with Crippen molar-refractivity contribution in [3.8, 4) is 11.8 Å². The zero-order chi connectivity index (χ0) is 14.5. The van der Waals surface area contributed by atoms with Gasteiger partial charge in [0.15, 0.2) is 0 Å². The standard InChI is InChI=1S/C17H21NO2/c1-3-5-14-11-16(14)18-17(20)15-8-7-12(2)13(10-15)6-4-9-19/h7-8,10,14,16,19H,3,5,9,11H2,1-2H3,(H,18,20). The molecule has 0 saturated heterocycles. The fourth-order valence-corrected chi connectivity index (χ4v) is 2.40. The van der Waals surface area contributed by atoms with Gasteiger partial charge < -0.3 is 10.4 Å². The Morgan fingerprint density at radius 1 is 1.50 bits per heavy atom. The van der Waals surface area contributed by atoms with Crippen molar-refractivity contribution in [2.45, 2.75) is 39.2 Å². The molecule has 1 aliphatic carbocycles. The van der Waals surface area contributed by atoms with E-state index in [1.54, 1.807) is 6.07 Å². The van der Waals surface area contributed by atoms with Crippen LogP contribution in [0, 0.1) is 24.7 Å². The lowest BCUT2D eigenvalue weighted by Gasteiger charge is -2.06. The summed E-state index contributed by atoms with van der Waals surface area (Å²) in [5.41, 5.74) is 2.45. The van der Waals surface area contributed by atoms with Crippen LogP contribution < -0.4 is 5.32 Å². The number of hydrogen-bond donors (Lipinski definition) is 2. The van der Waals surface area contributed by atoms with Crippen LogP contribution in [0.4, 0.5) is 0 Å². The van der Waals surface area contributed by atoms with Crippen molar-refractivity contribution >= 4 is 5.91 Å². The van der Waals surface area contributed by atoms with E-state index in [-0.39, 0.29) is 12.5 Å². The first-order valence-corrected chi connectivity index (χ1v) is 7.17. The van der Waals surface area contributed by atoms with Crippen LogP contribution in [0.25, 0.3) is 0 Å². The second-order valence-electron chi connectivity index (χ2n) is 5.35. The Bertz CT molecular complexity index is 554. The summed E-state index contributed by atoms with van der Waals surface area (Å²) in [7, 11) is 0. The molecule has 0 aliphatic heterocycles. The second-order valence-corrected chi connectivity index (χ2v) is 5.35. The van der Waals surface area contributed by atoms with Gasteiger partial charge in [-0.25, -0.2) is 0 Å². The van der Waals surface area contributed by atoms with E-state index in [1.807, 2.05) is 19.1 Å². The molecule has 0 spiro atoms. The molecule has 1 aromatic carbocycles. The zero-order valence-corrected chi connectivity index (χ0v) is 12.1. The van der Waals surface area contributed by atoms with Gasteiger partial charge in [-0.3, -0.25) is 4.79 Å². The van der Waals surface area contributed by atoms with Crippen LogP contribution in [-0.4, -0.2) is 23.7 Å². The molecule has 2 N–H and O–H groups in total. The Morgan fingerprint density at radius 3 is 3.00 bits per heavy atom. The van der Waals surface area contributed by atoms with E-state index in [2.05, 4.69) is 24.1 Å². The van der Waals surface area contributed by atoms with Gasteiger partial charge in [-0.05, 0) is 43.4 Å². The smallest absolute Gasteiger partial charge is 0.251 e. The Hall–Kier alpha value is -1.79. The molecule has 1 aromatic rings. The third kappa shape index (κ3) is 3.61. The van der Waals surface area contributed by atoms with E-state index in [1.165, 1.54) is 12.8 Å². The molecule has 106 valence electrons. The minimum Gasteiger partial charge on any atom is -0.384 e. The largest absolute Gasteiger partial charge is 0.384 e. The van der Waals surface area contributed by atoms with Crippen molar-refractivity contribution in [2.75, 3.05) is 6.61 Å². The van der Waals surface area contributed by atoms with Crippen LogP contribution in [-0.2, 0) is 0 Å². The Morgan fingerprint density at radius 2 is 2.30 bits per heavy atom. The molecule has 0 radical (unpaired) electrons. The monoisotopic (exact) mass is 271 g/mol. The highest BCUT2D eigenvalue weighted by Crippen LogP contribution is 2.34. The predicted octanol–water partition coefficient (Wildman–Crippen LogP) is 2.26.